The SMILES string of the molecule is O=[N+]([O-])c1ccc(CCOc2cc([C@H]3C[C@H](O)[C@@H](CO)O3)ccc2C2OCCCO2)cc1. The summed E-state index contributed by atoms with van der Waals surface area (Å²) < 4.78 is 23.4. The fourth-order valence-electron chi connectivity index (χ4n) is 3.91. The number of ether oxygens (including phenoxy) is 4. The normalized spacial score (nSPS) is 23.9. The molecule has 0 unspecified atom stereocenters. The standard InChI is InChI=1S/C23H27NO8/c25-14-22-19(26)13-20(32-22)16-4-7-18(23-30-9-1-10-31-23)21(12-16)29-11-8-15-2-5-17(6-3-15)24(27)28/h2-7,12,19-20,22-23,25-26H,1,8-11,13-14H2/t19-,20+,22+/m0/s1. The first kappa shape index (κ1) is 22.6. The highest BCUT2D eigenvalue weighted by Gasteiger charge is 2.35. The minimum absolute atomic E-state index is 0.0520. The molecule has 2 fully saturated rings. The third-order valence-electron chi connectivity index (χ3n) is 5.69. The van der Waals surface area contributed by atoms with Crippen molar-refractivity contribution in [3.63, 3.8) is 0 Å². The van der Waals surface area contributed by atoms with Crippen molar-refractivity contribution < 1.29 is 34.1 Å². The van der Waals surface area contributed by atoms with Crippen LogP contribution >= 0.6 is 0 Å². The average Bonchev–Trinajstić information content (AvgIpc) is 3.20. The number of non-ortho nitro benzene ring substituents is 1. The molecule has 0 radical (unpaired) electrons. The molecule has 2 aromatic carbocycles. The van der Waals surface area contributed by atoms with Crippen LogP contribution in [0.1, 0.15) is 41.9 Å². The zero-order valence-electron chi connectivity index (χ0n) is 17.6. The lowest BCUT2D eigenvalue weighted by atomic mass is 10.0. The van der Waals surface area contributed by atoms with Gasteiger partial charge in [0.05, 0.1) is 43.6 Å². The second kappa shape index (κ2) is 10.4. The highest BCUT2D eigenvalue weighted by molar-refractivity contribution is 5.40. The van der Waals surface area contributed by atoms with Crippen LogP contribution in [0.15, 0.2) is 42.5 Å². The summed E-state index contributed by atoms with van der Waals surface area (Å²) >= 11 is 0. The predicted molar refractivity (Wildman–Crippen MR) is 113 cm³/mol. The summed E-state index contributed by atoms with van der Waals surface area (Å²) in [7, 11) is 0. The number of aliphatic hydroxyl groups is 2. The van der Waals surface area contributed by atoms with E-state index in [0.717, 1.165) is 23.1 Å². The van der Waals surface area contributed by atoms with Crippen LogP contribution in [0.5, 0.6) is 5.75 Å². The van der Waals surface area contributed by atoms with Crippen molar-refractivity contribution >= 4 is 5.69 Å². The maximum Gasteiger partial charge on any atom is 0.269 e. The van der Waals surface area contributed by atoms with E-state index in [1.165, 1.54) is 12.1 Å². The van der Waals surface area contributed by atoms with Crippen molar-refractivity contribution in [1.82, 2.24) is 0 Å². The van der Waals surface area contributed by atoms with Crippen molar-refractivity contribution in [3.05, 3.63) is 69.3 Å². The highest BCUT2D eigenvalue weighted by atomic mass is 16.7. The summed E-state index contributed by atoms with van der Waals surface area (Å²) in [4.78, 5) is 10.4. The van der Waals surface area contributed by atoms with Gasteiger partial charge in [0.25, 0.3) is 5.69 Å². The van der Waals surface area contributed by atoms with Crippen LogP contribution in [0.2, 0.25) is 0 Å². The first-order valence-electron chi connectivity index (χ1n) is 10.7. The van der Waals surface area contributed by atoms with Gasteiger partial charge in [0, 0.05) is 30.5 Å². The van der Waals surface area contributed by atoms with E-state index in [0.29, 0.717) is 38.4 Å². The number of benzene rings is 2. The van der Waals surface area contributed by atoms with Crippen molar-refractivity contribution in [3.8, 4) is 5.75 Å². The number of nitro groups is 1. The maximum absolute atomic E-state index is 10.8. The van der Waals surface area contributed by atoms with Crippen LogP contribution in [0, 0.1) is 10.1 Å². The van der Waals surface area contributed by atoms with Gasteiger partial charge in [-0.05, 0) is 29.7 Å². The summed E-state index contributed by atoms with van der Waals surface area (Å²) in [5.74, 6) is 0.599. The zero-order valence-corrected chi connectivity index (χ0v) is 17.6. The number of rotatable bonds is 8. The van der Waals surface area contributed by atoms with E-state index >= 15 is 0 Å². The van der Waals surface area contributed by atoms with E-state index in [2.05, 4.69) is 0 Å². The van der Waals surface area contributed by atoms with E-state index in [-0.39, 0.29) is 18.4 Å². The summed E-state index contributed by atoms with van der Waals surface area (Å²) in [5.41, 5.74) is 2.59. The summed E-state index contributed by atoms with van der Waals surface area (Å²) in [6.07, 6.45) is -0.393. The molecule has 9 nitrogen and oxygen atoms in total. The monoisotopic (exact) mass is 445 g/mol. The summed E-state index contributed by atoms with van der Waals surface area (Å²) in [6.45, 7) is 1.32. The zero-order chi connectivity index (χ0) is 22.5. The molecule has 2 aliphatic rings. The molecule has 2 saturated heterocycles. The smallest absolute Gasteiger partial charge is 0.269 e. The summed E-state index contributed by atoms with van der Waals surface area (Å²) in [5, 5.41) is 30.3. The minimum atomic E-state index is -0.721. The van der Waals surface area contributed by atoms with E-state index < -0.39 is 23.4 Å². The van der Waals surface area contributed by atoms with Gasteiger partial charge >= 0.3 is 0 Å². The van der Waals surface area contributed by atoms with E-state index in [4.69, 9.17) is 18.9 Å². The molecule has 0 aromatic heterocycles. The number of hydrogen-bond acceptors (Lipinski definition) is 8. The van der Waals surface area contributed by atoms with Crippen LogP contribution in [0.3, 0.4) is 0 Å². The van der Waals surface area contributed by atoms with Crippen LogP contribution in [-0.4, -0.2) is 53.8 Å². The Morgan fingerprint density at radius 3 is 2.53 bits per heavy atom. The molecule has 3 atom stereocenters. The Kier molecular flexibility index (Phi) is 7.33. The van der Waals surface area contributed by atoms with E-state index in [1.54, 1.807) is 12.1 Å². The Morgan fingerprint density at radius 2 is 1.88 bits per heavy atom. The van der Waals surface area contributed by atoms with Crippen molar-refractivity contribution in [1.29, 1.82) is 0 Å². The molecule has 0 amide bonds. The van der Waals surface area contributed by atoms with Gasteiger partial charge in [-0.3, -0.25) is 10.1 Å². The van der Waals surface area contributed by atoms with Gasteiger partial charge in [0.1, 0.15) is 11.9 Å². The largest absolute Gasteiger partial charge is 0.493 e. The molecule has 32 heavy (non-hydrogen) atoms. The predicted octanol–water partition coefficient (Wildman–Crippen LogP) is 2.84. The molecule has 4 rings (SSSR count). The Morgan fingerprint density at radius 1 is 1.12 bits per heavy atom. The van der Waals surface area contributed by atoms with Crippen LogP contribution in [0.25, 0.3) is 0 Å². The molecule has 2 N–H and O–H groups in total. The molecule has 0 spiro atoms. The minimum Gasteiger partial charge on any atom is -0.493 e. The van der Waals surface area contributed by atoms with Gasteiger partial charge in [0.2, 0.25) is 0 Å². The van der Waals surface area contributed by atoms with Crippen LogP contribution < -0.4 is 4.74 Å². The fraction of sp³-hybridized carbons (Fsp3) is 0.478. The molecular formula is C23H27NO8. The Balaban J connectivity index is 1.48. The molecule has 0 saturated carbocycles. The molecule has 0 aliphatic carbocycles. The second-order valence-electron chi connectivity index (χ2n) is 7.90. The van der Waals surface area contributed by atoms with Gasteiger partial charge in [-0.25, -0.2) is 0 Å². The molecular weight excluding hydrogens is 418 g/mol. The van der Waals surface area contributed by atoms with Gasteiger partial charge in [-0.2, -0.15) is 0 Å². The lowest BCUT2D eigenvalue weighted by Gasteiger charge is -2.26. The molecule has 2 aliphatic heterocycles. The van der Waals surface area contributed by atoms with Crippen molar-refractivity contribution in [2.24, 2.45) is 0 Å². The second-order valence-corrected chi connectivity index (χ2v) is 7.90. The van der Waals surface area contributed by atoms with E-state index in [9.17, 15) is 20.3 Å². The Hall–Kier alpha value is -2.56. The first-order chi connectivity index (χ1) is 15.5. The van der Waals surface area contributed by atoms with Gasteiger partial charge in [-0.15, -0.1) is 0 Å². The fourth-order valence-corrected chi connectivity index (χ4v) is 3.91. The first-order valence-corrected chi connectivity index (χ1v) is 10.7. The van der Waals surface area contributed by atoms with E-state index in [1.807, 2.05) is 18.2 Å². The lowest BCUT2D eigenvalue weighted by Crippen LogP contribution is -2.24. The molecule has 172 valence electrons. The van der Waals surface area contributed by atoms with Crippen LogP contribution in [-0.2, 0) is 20.6 Å². The molecule has 2 aromatic rings. The Labute approximate surface area is 185 Å². The van der Waals surface area contributed by atoms with Gasteiger partial charge in [-0.1, -0.05) is 18.2 Å². The maximum atomic E-state index is 10.8. The number of nitrogens with zero attached hydrogens (tertiary/aromatic N) is 1. The van der Waals surface area contributed by atoms with Crippen molar-refractivity contribution in [2.75, 3.05) is 26.4 Å². The number of hydrogen-bond donors (Lipinski definition) is 2. The quantitative estimate of drug-likeness (QED) is 0.470. The third kappa shape index (κ3) is 5.25. The van der Waals surface area contributed by atoms with Gasteiger partial charge < -0.3 is 29.2 Å². The van der Waals surface area contributed by atoms with Crippen LogP contribution in [0.4, 0.5) is 5.69 Å². The third-order valence-corrected chi connectivity index (χ3v) is 5.69. The number of nitro benzene ring substituents is 1. The molecule has 0 bridgehead atoms. The average molecular weight is 445 g/mol. The number of aliphatic hydroxyl groups excluding tert-OH is 2. The topological polar surface area (TPSA) is 121 Å². The van der Waals surface area contributed by atoms with Crippen molar-refractivity contribution in [2.45, 2.75) is 43.9 Å². The van der Waals surface area contributed by atoms with Gasteiger partial charge in [0.15, 0.2) is 6.29 Å². The highest BCUT2D eigenvalue weighted by Crippen LogP contribution is 2.38. The summed E-state index contributed by atoms with van der Waals surface area (Å²) in [6, 6.07) is 12.0. The molecule has 2 heterocycles. The molecule has 9 heteroatoms. The Bertz CT molecular complexity index is 913. The lowest BCUT2D eigenvalue weighted by molar-refractivity contribution is -0.384.